The van der Waals surface area contributed by atoms with Crippen LogP contribution in [-0.2, 0) is 19.1 Å². The normalized spacial score (nSPS) is 20.1. The molecule has 3 aliphatic heterocycles. The third-order valence-electron chi connectivity index (χ3n) is 8.16. The van der Waals surface area contributed by atoms with Crippen LogP contribution in [0.15, 0.2) is 60.8 Å². The molecule has 0 aliphatic carbocycles. The van der Waals surface area contributed by atoms with E-state index < -0.39 is 12.0 Å². The fourth-order valence-electron chi connectivity index (χ4n) is 5.94. The Labute approximate surface area is 259 Å². The predicted octanol–water partition coefficient (Wildman–Crippen LogP) is 1.97. The molecule has 13 nitrogen and oxygen atoms in total. The zero-order valence-corrected chi connectivity index (χ0v) is 24.7. The zero-order chi connectivity index (χ0) is 31.8. The van der Waals surface area contributed by atoms with Crippen LogP contribution in [0.1, 0.15) is 28.3 Å². The van der Waals surface area contributed by atoms with Gasteiger partial charge >= 0.3 is 6.09 Å². The highest BCUT2D eigenvalue weighted by molar-refractivity contribution is 6.06. The molecule has 3 aromatic rings. The second-order valence-corrected chi connectivity index (χ2v) is 10.9. The van der Waals surface area contributed by atoms with Gasteiger partial charge in [-0.1, -0.05) is 30.3 Å². The van der Waals surface area contributed by atoms with Crippen molar-refractivity contribution in [1.82, 2.24) is 25.0 Å². The Morgan fingerprint density at radius 3 is 2.56 bits per heavy atom. The first kappa shape index (κ1) is 31.2. The quantitative estimate of drug-likeness (QED) is 0.419. The molecule has 3 aliphatic rings. The highest BCUT2D eigenvalue weighted by atomic mass is 16.6. The van der Waals surface area contributed by atoms with Crippen LogP contribution in [0.3, 0.4) is 0 Å². The summed E-state index contributed by atoms with van der Waals surface area (Å²) in [6.07, 6.45) is 1.75. The van der Waals surface area contributed by atoms with Gasteiger partial charge in [0.05, 0.1) is 30.1 Å². The number of pyridine rings is 1. The van der Waals surface area contributed by atoms with Gasteiger partial charge in [0.2, 0.25) is 11.8 Å². The van der Waals surface area contributed by atoms with E-state index in [4.69, 9.17) is 19.4 Å². The molecule has 2 fully saturated rings. The first-order chi connectivity index (χ1) is 21.9. The number of hydrogen-bond acceptors (Lipinski definition) is 8. The van der Waals surface area contributed by atoms with Crippen LogP contribution >= 0.6 is 0 Å². The van der Waals surface area contributed by atoms with Crippen molar-refractivity contribution in [3.63, 3.8) is 0 Å². The van der Waals surface area contributed by atoms with Gasteiger partial charge in [0.15, 0.2) is 0 Å². The summed E-state index contributed by atoms with van der Waals surface area (Å²) in [5.41, 5.74) is 2.23. The lowest BCUT2D eigenvalue weighted by Gasteiger charge is -2.25. The van der Waals surface area contributed by atoms with Gasteiger partial charge in [-0.25, -0.2) is 4.79 Å². The van der Waals surface area contributed by atoms with Crippen LogP contribution < -0.4 is 10.1 Å². The Kier molecular flexibility index (Phi) is 10.1. The number of rotatable bonds is 3. The van der Waals surface area contributed by atoms with E-state index in [-0.39, 0.29) is 56.4 Å². The standard InChI is InChI=1S/C31H33N5O6.CH2O2/c37-28(20-35-14-16-42-31(35)40)36-18-25-21-5-3-6-22(17-21)41-15-4-12-34(13-11-33-29(38)26(25)19-36)30(39)24-9-10-32-27-8-2-1-7-23(24)27;2-1-3/h1-3,5-10,17,25-26H,4,11-16,18-20H2,(H,33,38);1H,(H,2,3)/t25-,26+;/m1./s1. The lowest BCUT2D eigenvalue weighted by molar-refractivity contribution is -0.131. The van der Waals surface area contributed by atoms with Gasteiger partial charge in [0.25, 0.3) is 12.4 Å². The van der Waals surface area contributed by atoms with Gasteiger partial charge in [-0.05, 0) is 36.2 Å². The largest absolute Gasteiger partial charge is 0.494 e. The second-order valence-electron chi connectivity index (χ2n) is 10.9. The summed E-state index contributed by atoms with van der Waals surface area (Å²) in [5, 5.41) is 10.7. The molecule has 4 heterocycles. The van der Waals surface area contributed by atoms with Crippen LogP contribution in [0.25, 0.3) is 10.9 Å². The van der Waals surface area contributed by atoms with Crippen molar-refractivity contribution in [1.29, 1.82) is 0 Å². The topological polar surface area (TPSA) is 159 Å². The van der Waals surface area contributed by atoms with Gasteiger partial charge in [0, 0.05) is 50.2 Å². The fourth-order valence-corrected chi connectivity index (χ4v) is 5.94. The molecule has 4 amide bonds. The van der Waals surface area contributed by atoms with E-state index in [1.165, 1.54) is 4.90 Å². The lowest BCUT2D eigenvalue weighted by Crippen LogP contribution is -2.43. The maximum Gasteiger partial charge on any atom is 0.410 e. The number of cyclic esters (lactones) is 1. The number of carbonyl (C=O) groups excluding carboxylic acids is 4. The van der Waals surface area contributed by atoms with Crippen LogP contribution in [-0.4, -0.2) is 114 Å². The number of nitrogens with zero attached hydrogens (tertiary/aromatic N) is 4. The molecular weight excluding hydrogens is 582 g/mol. The molecule has 2 N–H and O–H groups in total. The molecule has 45 heavy (non-hydrogen) atoms. The molecule has 0 unspecified atom stereocenters. The van der Waals surface area contributed by atoms with E-state index in [0.29, 0.717) is 50.5 Å². The summed E-state index contributed by atoms with van der Waals surface area (Å²) in [6, 6.07) is 16.9. The maximum atomic E-state index is 13.7. The summed E-state index contributed by atoms with van der Waals surface area (Å²) < 4.78 is 11.0. The fraction of sp³-hybridized carbons (Fsp3) is 0.375. The highest BCUT2D eigenvalue weighted by Gasteiger charge is 2.41. The lowest BCUT2D eigenvalue weighted by atomic mass is 9.88. The maximum absolute atomic E-state index is 13.7. The van der Waals surface area contributed by atoms with E-state index in [1.807, 2.05) is 48.5 Å². The minimum atomic E-state index is -0.498. The van der Waals surface area contributed by atoms with Crippen molar-refractivity contribution in [3.05, 3.63) is 71.9 Å². The minimum Gasteiger partial charge on any atom is -0.494 e. The zero-order valence-electron chi connectivity index (χ0n) is 24.7. The van der Waals surface area contributed by atoms with Gasteiger partial charge in [0.1, 0.15) is 18.9 Å². The predicted molar refractivity (Wildman–Crippen MR) is 162 cm³/mol. The summed E-state index contributed by atoms with van der Waals surface area (Å²) in [4.78, 5) is 69.8. The van der Waals surface area contributed by atoms with E-state index in [0.717, 1.165) is 16.5 Å². The summed E-state index contributed by atoms with van der Waals surface area (Å²) in [6.45, 7) is 2.36. The Bertz CT molecular complexity index is 1560. The van der Waals surface area contributed by atoms with Crippen molar-refractivity contribution < 1.29 is 38.6 Å². The molecule has 236 valence electrons. The number of fused-ring (bicyclic) bond motifs is 5. The molecule has 0 saturated carbocycles. The van der Waals surface area contributed by atoms with Crippen LogP contribution in [0.5, 0.6) is 5.75 Å². The van der Waals surface area contributed by atoms with Crippen molar-refractivity contribution in [3.8, 4) is 5.75 Å². The number of carboxylic acid groups (broad SMARTS) is 1. The number of aromatic nitrogens is 1. The number of carbonyl (C=O) groups is 5. The summed E-state index contributed by atoms with van der Waals surface area (Å²) in [7, 11) is 0. The first-order valence-corrected chi connectivity index (χ1v) is 14.8. The average molecular weight is 618 g/mol. The molecule has 2 aromatic carbocycles. The van der Waals surface area contributed by atoms with Crippen LogP contribution in [0.2, 0.25) is 0 Å². The number of benzene rings is 2. The number of hydrogen-bond donors (Lipinski definition) is 2. The van der Waals surface area contributed by atoms with E-state index in [2.05, 4.69) is 10.3 Å². The summed E-state index contributed by atoms with van der Waals surface area (Å²) in [5.74, 6) is -0.598. The number of likely N-dealkylation sites (tertiary alicyclic amines) is 1. The Morgan fingerprint density at radius 2 is 1.76 bits per heavy atom. The number of para-hydroxylation sites is 1. The monoisotopic (exact) mass is 617 g/mol. The Hall–Kier alpha value is -5.20. The molecule has 0 spiro atoms. The molecule has 6 rings (SSSR count). The van der Waals surface area contributed by atoms with Crippen molar-refractivity contribution in [2.45, 2.75) is 12.3 Å². The van der Waals surface area contributed by atoms with Gasteiger partial charge < -0.3 is 29.7 Å². The molecule has 2 atom stereocenters. The minimum absolute atomic E-state index is 0.0796. The molecule has 13 heteroatoms. The van der Waals surface area contributed by atoms with Crippen molar-refractivity contribution in [2.75, 3.05) is 59.0 Å². The van der Waals surface area contributed by atoms with Gasteiger partial charge in [-0.3, -0.25) is 29.1 Å². The van der Waals surface area contributed by atoms with Gasteiger partial charge in [-0.15, -0.1) is 0 Å². The third kappa shape index (κ3) is 7.31. The molecule has 0 radical (unpaired) electrons. The van der Waals surface area contributed by atoms with E-state index in [1.54, 1.807) is 22.1 Å². The van der Waals surface area contributed by atoms with Crippen molar-refractivity contribution in [2.24, 2.45) is 5.92 Å². The average Bonchev–Trinajstić information content (AvgIpc) is 3.68. The summed E-state index contributed by atoms with van der Waals surface area (Å²) >= 11 is 0. The number of amides is 4. The van der Waals surface area contributed by atoms with Crippen molar-refractivity contribution >= 4 is 41.2 Å². The third-order valence-corrected chi connectivity index (χ3v) is 8.16. The van der Waals surface area contributed by atoms with E-state index >= 15 is 0 Å². The smallest absolute Gasteiger partial charge is 0.410 e. The molecule has 2 saturated heterocycles. The SMILES string of the molecule is O=C1NCCN(C(=O)c2ccnc3ccccc23)CCCOc2cccc(c2)[C@H]2CN(C(=O)CN3CCOC3=O)C[C@H]12.O=CO. The highest BCUT2D eigenvalue weighted by Crippen LogP contribution is 2.35. The number of ether oxygens (including phenoxy) is 2. The Morgan fingerprint density at radius 1 is 0.956 bits per heavy atom. The molecule has 1 aromatic heterocycles. The second kappa shape index (κ2) is 14.5. The van der Waals surface area contributed by atoms with Crippen LogP contribution in [0.4, 0.5) is 4.79 Å². The van der Waals surface area contributed by atoms with E-state index in [9.17, 15) is 19.2 Å². The molecular formula is C32H35N5O8. The Balaban J connectivity index is 0.00000128. The number of nitrogens with one attached hydrogen (secondary N) is 1. The first-order valence-electron chi connectivity index (χ1n) is 14.8. The van der Waals surface area contributed by atoms with Crippen LogP contribution in [0, 0.1) is 5.92 Å². The molecule has 2 bridgehead atoms. The van der Waals surface area contributed by atoms with Gasteiger partial charge in [-0.2, -0.15) is 0 Å².